The highest BCUT2D eigenvalue weighted by molar-refractivity contribution is 7.98. The molecule has 0 unspecified atom stereocenters. The summed E-state index contributed by atoms with van der Waals surface area (Å²) in [5, 5.41) is 13.0. The molecule has 0 amide bonds. The Balaban J connectivity index is 2.61. The minimum atomic E-state index is -0.648. The van der Waals surface area contributed by atoms with Crippen LogP contribution in [0.4, 0.5) is 15.9 Å². The number of hydrogen-bond acceptors (Lipinski definition) is 6. The number of thioether (sulfide) groups is 1. The van der Waals surface area contributed by atoms with Crippen LogP contribution in [0.25, 0.3) is 5.57 Å². The average Bonchev–Trinajstić information content (AvgIpc) is 2.62. The van der Waals surface area contributed by atoms with Crippen molar-refractivity contribution >= 4 is 28.8 Å². The maximum atomic E-state index is 13.9. The van der Waals surface area contributed by atoms with E-state index in [1.807, 2.05) is 6.92 Å². The summed E-state index contributed by atoms with van der Waals surface area (Å²) in [5.41, 5.74) is 1.17. The predicted octanol–water partition coefficient (Wildman–Crippen LogP) is 4.65. The van der Waals surface area contributed by atoms with E-state index in [1.54, 1.807) is 49.0 Å². The van der Waals surface area contributed by atoms with Crippen LogP contribution in [-0.4, -0.2) is 21.2 Å². The molecule has 0 spiro atoms. The van der Waals surface area contributed by atoms with Crippen molar-refractivity contribution < 1.29 is 4.39 Å². The van der Waals surface area contributed by atoms with Gasteiger partial charge in [0.05, 0.1) is 5.57 Å². The van der Waals surface area contributed by atoms with Crippen LogP contribution in [0.5, 0.6) is 0 Å². The number of nitrogens with zero attached hydrogens (tertiary/aromatic N) is 4. The molecule has 0 saturated heterocycles. The van der Waals surface area contributed by atoms with Gasteiger partial charge < -0.3 is 5.32 Å². The summed E-state index contributed by atoms with van der Waals surface area (Å²) in [6.07, 6.45) is 10.0. The molecule has 2 aromatic heterocycles. The van der Waals surface area contributed by atoms with Crippen molar-refractivity contribution in [3.8, 4) is 6.07 Å². The second-order valence-corrected chi connectivity index (χ2v) is 5.56. The molecule has 2 rings (SSSR count). The molecule has 1 N–H and O–H groups in total. The van der Waals surface area contributed by atoms with Gasteiger partial charge >= 0.3 is 0 Å². The number of anilines is 2. The molecule has 2 heterocycles. The Morgan fingerprint density at radius 2 is 2.08 bits per heavy atom. The van der Waals surface area contributed by atoms with Crippen LogP contribution in [-0.2, 0) is 0 Å². The average molecular weight is 353 g/mol. The molecule has 0 aromatic carbocycles. The molecular formula is C18H16FN5S. The summed E-state index contributed by atoms with van der Waals surface area (Å²) < 4.78 is 13.9. The smallest absolute Gasteiger partial charge is 0.165 e. The predicted molar refractivity (Wildman–Crippen MR) is 99.1 cm³/mol. The maximum absolute atomic E-state index is 13.9. The first-order valence-electron chi connectivity index (χ1n) is 7.32. The zero-order valence-corrected chi connectivity index (χ0v) is 14.6. The van der Waals surface area contributed by atoms with E-state index in [9.17, 15) is 9.65 Å². The van der Waals surface area contributed by atoms with Gasteiger partial charge in [0.15, 0.2) is 11.6 Å². The molecule has 7 heteroatoms. The van der Waals surface area contributed by atoms with Crippen molar-refractivity contribution in [3.63, 3.8) is 0 Å². The van der Waals surface area contributed by atoms with Gasteiger partial charge in [-0.25, -0.2) is 14.4 Å². The number of aromatic nitrogens is 3. The van der Waals surface area contributed by atoms with E-state index < -0.39 is 5.83 Å². The first kappa shape index (κ1) is 18.4. The minimum absolute atomic E-state index is 0.158. The van der Waals surface area contributed by atoms with Crippen LogP contribution < -0.4 is 5.32 Å². The number of nitriles is 1. The lowest BCUT2D eigenvalue weighted by Crippen LogP contribution is -2.05. The third-order valence-corrected chi connectivity index (χ3v) is 3.79. The summed E-state index contributed by atoms with van der Waals surface area (Å²) >= 11 is 1.29. The number of hydrogen-bond donors (Lipinski definition) is 1. The zero-order valence-electron chi connectivity index (χ0n) is 13.8. The number of halogens is 1. The molecule has 0 atom stereocenters. The van der Waals surface area contributed by atoms with E-state index in [2.05, 4.69) is 32.9 Å². The lowest BCUT2D eigenvalue weighted by molar-refractivity contribution is 0.675. The normalized spacial score (nSPS) is 11.4. The molecule has 0 aliphatic rings. The van der Waals surface area contributed by atoms with Crippen molar-refractivity contribution in [1.82, 2.24) is 15.0 Å². The largest absolute Gasteiger partial charge is 0.339 e. The highest BCUT2D eigenvalue weighted by atomic mass is 32.2. The Bertz CT molecular complexity index is 869. The molecule has 0 radical (unpaired) electrons. The van der Waals surface area contributed by atoms with Crippen molar-refractivity contribution in [2.75, 3.05) is 11.6 Å². The SMILES string of the molecule is C=C(F)/C(=C\C=C/C)c1nc(Nc2ccncc2)c(C#N)c(SC)n1. The number of allylic oxidation sites excluding steroid dienone is 5. The van der Waals surface area contributed by atoms with Gasteiger partial charge in [0.25, 0.3) is 0 Å². The van der Waals surface area contributed by atoms with Crippen LogP contribution in [0.2, 0.25) is 0 Å². The Hall–Kier alpha value is -2.98. The number of pyridine rings is 1. The van der Waals surface area contributed by atoms with E-state index in [-0.39, 0.29) is 11.4 Å². The van der Waals surface area contributed by atoms with Crippen molar-refractivity contribution in [3.05, 3.63) is 66.5 Å². The van der Waals surface area contributed by atoms with Crippen LogP contribution in [0.15, 0.2) is 60.2 Å². The fraction of sp³-hybridized carbons (Fsp3) is 0.111. The topological polar surface area (TPSA) is 74.5 Å². The second kappa shape index (κ2) is 8.76. The van der Waals surface area contributed by atoms with Gasteiger partial charge in [-0.15, -0.1) is 11.8 Å². The molecule has 0 aliphatic carbocycles. The van der Waals surface area contributed by atoms with Gasteiger partial charge in [-0.3, -0.25) is 4.98 Å². The number of nitrogens with one attached hydrogen (secondary N) is 1. The maximum Gasteiger partial charge on any atom is 0.165 e. The molecule has 0 fully saturated rings. The summed E-state index contributed by atoms with van der Waals surface area (Å²) in [6.45, 7) is 5.17. The summed E-state index contributed by atoms with van der Waals surface area (Å²) in [5.74, 6) is -0.189. The van der Waals surface area contributed by atoms with Gasteiger partial charge in [-0.2, -0.15) is 5.26 Å². The van der Waals surface area contributed by atoms with Gasteiger partial charge in [-0.05, 0) is 31.4 Å². The first-order chi connectivity index (χ1) is 12.1. The standard InChI is InChI=1S/C18H16FN5S/c1-4-5-6-14(12(2)19)16-23-17(15(11-20)18(24-16)25-3)22-13-7-9-21-10-8-13/h4-10H,2H2,1,3H3,(H,21,22,23,24)/b5-4-,14-6+. The fourth-order valence-corrected chi connectivity index (χ4v) is 2.47. The zero-order chi connectivity index (χ0) is 18.2. The fourth-order valence-electron chi connectivity index (χ4n) is 1.95. The second-order valence-electron chi connectivity index (χ2n) is 4.76. The molecule has 0 bridgehead atoms. The van der Waals surface area contributed by atoms with Gasteiger partial charge in [-0.1, -0.05) is 18.7 Å². The lowest BCUT2D eigenvalue weighted by atomic mass is 10.2. The highest BCUT2D eigenvalue weighted by Crippen LogP contribution is 2.29. The quantitative estimate of drug-likeness (QED) is 0.463. The molecule has 0 saturated carbocycles. The Morgan fingerprint density at radius 1 is 1.36 bits per heavy atom. The van der Waals surface area contributed by atoms with E-state index in [0.717, 1.165) is 0 Å². The third kappa shape index (κ3) is 4.52. The molecule has 2 aromatic rings. The lowest BCUT2D eigenvalue weighted by Gasteiger charge is -2.12. The van der Waals surface area contributed by atoms with Crippen molar-refractivity contribution in [2.45, 2.75) is 11.9 Å². The summed E-state index contributed by atoms with van der Waals surface area (Å²) in [6, 6.07) is 5.59. The monoisotopic (exact) mass is 353 g/mol. The van der Waals surface area contributed by atoms with Crippen LogP contribution in [0, 0.1) is 11.3 Å². The van der Waals surface area contributed by atoms with Crippen LogP contribution in [0.3, 0.4) is 0 Å². The van der Waals surface area contributed by atoms with Gasteiger partial charge in [0.2, 0.25) is 0 Å². The Morgan fingerprint density at radius 3 is 2.64 bits per heavy atom. The van der Waals surface area contributed by atoms with E-state index in [1.165, 1.54) is 11.8 Å². The summed E-state index contributed by atoms with van der Waals surface area (Å²) in [7, 11) is 0. The van der Waals surface area contributed by atoms with E-state index in [0.29, 0.717) is 22.1 Å². The van der Waals surface area contributed by atoms with Crippen molar-refractivity contribution in [2.24, 2.45) is 0 Å². The van der Waals surface area contributed by atoms with Crippen LogP contribution in [0.1, 0.15) is 18.3 Å². The Kier molecular flexibility index (Phi) is 6.43. The third-order valence-electron chi connectivity index (χ3n) is 3.11. The minimum Gasteiger partial charge on any atom is -0.339 e. The highest BCUT2D eigenvalue weighted by Gasteiger charge is 2.17. The Labute approximate surface area is 150 Å². The molecule has 5 nitrogen and oxygen atoms in total. The van der Waals surface area contributed by atoms with Gasteiger partial charge in [0.1, 0.15) is 22.5 Å². The molecule has 0 aliphatic heterocycles. The van der Waals surface area contributed by atoms with Crippen molar-refractivity contribution in [1.29, 1.82) is 5.26 Å². The molecule has 25 heavy (non-hydrogen) atoms. The molecule has 126 valence electrons. The van der Waals surface area contributed by atoms with E-state index in [4.69, 9.17) is 0 Å². The summed E-state index contributed by atoms with van der Waals surface area (Å²) in [4.78, 5) is 12.6. The molecular weight excluding hydrogens is 337 g/mol. The van der Waals surface area contributed by atoms with E-state index >= 15 is 0 Å². The van der Waals surface area contributed by atoms with Crippen LogP contribution >= 0.6 is 11.8 Å². The number of rotatable bonds is 6. The first-order valence-corrected chi connectivity index (χ1v) is 8.54. The van der Waals surface area contributed by atoms with Gasteiger partial charge in [0, 0.05) is 18.1 Å².